The fraction of sp³-hybridized carbons (Fsp3) is 0.222. The molecule has 1 aliphatic rings. The van der Waals surface area contributed by atoms with Crippen LogP contribution < -0.4 is 0 Å². The van der Waals surface area contributed by atoms with Gasteiger partial charge in [0, 0.05) is 13.1 Å². The lowest BCUT2D eigenvalue weighted by atomic mass is 10.1. The molecule has 108 valence electrons. The Morgan fingerprint density at radius 3 is 2.76 bits per heavy atom. The zero-order valence-electron chi connectivity index (χ0n) is 11.8. The average molecular weight is 283 g/mol. The van der Waals surface area contributed by atoms with Gasteiger partial charge in [-0.15, -0.1) is 0 Å². The highest BCUT2D eigenvalue weighted by Gasteiger charge is 2.20. The third-order valence-corrected chi connectivity index (χ3v) is 3.60. The maximum Gasteiger partial charge on any atom is 0.123 e. The van der Waals surface area contributed by atoms with E-state index in [1.165, 1.54) is 11.6 Å². The molecule has 1 fully saturated rings. The molecule has 0 unspecified atom stereocenters. The van der Waals surface area contributed by atoms with E-state index in [4.69, 9.17) is 4.74 Å². The molecule has 0 saturated carbocycles. The van der Waals surface area contributed by atoms with E-state index in [0.717, 1.165) is 18.7 Å². The van der Waals surface area contributed by atoms with Crippen molar-refractivity contribution in [3.8, 4) is 0 Å². The molecule has 1 atom stereocenters. The maximum absolute atomic E-state index is 13.3. The van der Waals surface area contributed by atoms with Gasteiger partial charge in [0.2, 0.25) is 0 Å². The van der Waals surface area contributed by atoms with Crippen molar-refractivity contribution in [2.45, 2.75) is 6.10 Å². The minimum Gasteiger partial charge on any atom is -0.372 e. The number of benzene rings is 2. The Bertz CT molecular complexity index is 612. The molecule has 21 heavy (non-hydrogen) atoms. The predicted molar refractivity (Wildman–Crippen MR) is 82.1 cm³/mol. The van der Waals surface area contributed by atoms with E-state index in [-0.39, 0.29) is 11.9 Å². The van der Waals surface area contributed by atoms with Crippen LogP contribution in [0.15, 0.2) is 60.8 Å². The number of nitrogens with zero attached hydrogens (tertiary/aromatic N) is 1. The molecule has 3 heteroatoms. The largest absolute Gasteiger partial charge is 0.372 e. The average Bonchev–Trinajstić information content (AvgIpc) is 2.54. The van der Waals surface area contributed by atoms with E-state index in [1.807, 2.05) is 24.3 Å². The molecule has 2 aromatic rings. The molecular formula is C18H18FNO. The van der Waals surface area contributed by atoms with E-state index in [2.05, 4.69) is 29.3 Å². The van der Waals surface area contributed by atoms with Crippen LogP contribution in [0.5, 0.6) is 0 Å². The summed E-state index contributed by atoms with van der Waals surface area (Å²) in [5.41, 5.74) is 2.07. The Morgan fingerprint density at radius 1 is 1.10 bits per heavy atom. The summed E-state index contributed by atoms with van der Waals surface area (Å²) in [6.45, 7) is 2.25. The van der Waals surface area contributed by atoms with E-state index >= 15 is 0 Å². The normalized spacial score (nSPS) is 19.1. The molecular weight excluding hydrogens is 265 g/mol. The lowest BCUT2D eigenvalue weighted by Crippen LogP contribution is -2.34. The summed E-state index contributed by atoms with van der Waals surface area (Å²) in [7, 11) is 0. The summed E-state index contributed by atoms with van der Waals surface area (Å²) < 4.78 is 19.1. The number of hydrogen-bond acceptors (Lipinski definition) is 2. The lowest BCUT2D eigenvalue weighted by molar-refractivity contribution is -0.0136. The molecule has 0 radical (unpaired) electrons. The van der Waals surface area contributed by atoms with Crippen LogP contribution in [-0.4, -0.2) is 24.6 Å². The zero-order chi connectivity index (χ0) is 14.5. The van der Waals surface area contributed by atoms with Crippen LogP contribution in [0.1, 0.15) is 17.2 Å². The van der Waals surface area contributed by atoms with Gasteiger partial charge in [-0.3, -0.25) is 0 Å². The van der Waals surface area contributed by atoms with Gasteiger partial charge in [-0.1, -0.05) is 42.5 Å². The van der Waals surface area contributed by atoms with Crippen LogP contribution in [0.2, 0.25) is 0 Å². The molecule has 0 bridgehead atoms. The molecule has 1 saturated heterocycles. The fourth-order valence-electron chi connectivity index (χ4n) is 2.47. The molecule has 3 rings (SSSR count). The van der Waals surface area contributed by atoms with Crippen LogP contribution >= 0.6 is 0 Å². The third-order valence-electron chi connectivity index (χ3n) is 3.60. The van der Waals surface area contributed by atoms with Crippen LogP contribution in [-0.2, 0) is 4.74 Å². The van der Waals surface area contributed by atoms with Gasteiger partial charge in [0.15, 0.2) is 0 Å². The minimum atomic E-state index is -0.215. The molecule has 1 heterocycles. The smallest absolute Gasteiger partial charge is 0.123 e. The van der Waals surface area contributed by atoms with E-state index in [9.17, 15) is 4.39 Å². The summed E-state index contributed by atoms with van der Waals surface area (Å²) in [4.78, 5) is 2.21. The lowest BCUT2D eigenvalue weighted by Gasteiger charge is -2.32. The van der Waals surface area contributed by atoms with Crippen LogP contribution in [0, 0.1) is 5.82 Å². The number of rotatable bonds is 3. The second kappa shape index (κ2) is 6.55. The second-order valence-corrected chi connectivity index (χ2v) is 5.14. The monoisotopic (exact) mass is 283 g/mol. The highest BCUT2D eigenvalue weighted by atomic mass is 19.1. The summed E-state index contributed by atoms with van der Waals surface area (Å²) >= 11 is 0. The van der Waals surface area contributed by atoms with Crippen molar-refractivity contribution in [1.82, 2.24) is 4.90 Å². The van der Waals surface area contributed by atoms with Crippen LogP contribution in [0.4, 0.5) is 4.39 Å². The van der Waals surface area contributed by atoms with Crippen molar-refractivity contribution in [2.75, 3.05) is 19.7 Å². The topological polar surface area (TPSA) is 12.5 Å². The first kappa shape index (κ1) is 13.8. The third kappa shape index (κ3) is 3.70. The highest BCUT2D eigenvalue weighted by Crippen LogP contribution is 2.23. The Hall–Kier alpha value is -2.13. The molecule has 0 N–H and O–H groups in total. The maximum atomic E-state index is 13.3. The van der Waals surface area contributed by atoms with Gasteiger partial charge in [0.05, 0.1) is 6.61 Å². The Labute approximate surface area is 124 Å². The summed E-state index contributed by atoms with van der Waals surface area (Å²) in [6.07, 6.45) is 4.10. The first-order chi connectivity index (χ1) is 10.3. The molecule has 2 nitrogen and oxygen atoms in total. The molecule has 0 spiro atoms. The second-order valence-electron chi connectivity index (χ2n) is 5.14. The SMILES string of the molecule is Fc1cccc([C@@H]2CN(C=Cc3ccccc3)CCO2)c1. The van der Waals surface area contributed by atoms with Crippen LogP contribution in [0.3, 0.4) is 0 Å². The van der Waals surface area contributed by atoms with Crippen molar-refractivity contribution in [3.63, 3.8) is 0 Å². The molecule has 1 aliphatic heterocycles. The van der Waals surface area contributed by atoms with Gasteiger partial charge >= 0.3 is 0 Å². The molecule has 0 aliphatic carbocycles. The number of hydrogen-bond donors (Lipinski definition) is 0. The zero-order valence-corrected chi connectivity index (χ0v) is 11.8. The predicted octanol–water partition coefficient (Wildman–Crippen LogP) is 3.87. The number of ether oxygens (including phenoxy) is 1. The van der Waals surface area contributed by atoms with Crippen molar-refractivity contribution in [2.24, 2.45) is 0 Å². The van der Waals surface area contributed by atoms with Gasteiger partial charge in [-0.05, 0) is 35.5 Å². The van der Waals surface area contributed by atoms with E-state index in [1.54, 1.807) is 12.1 Å². The van der Waals surface area contributed by atoms with E-state index in [0.29, 0.717) is 6.61 Å². The quantitative estimate of drug-likeness (QED) is 0.848. The van der Waals surface area contributed by atoms with Gasteiger partial charge in [-0.25, -0.2) is 4.39 Å². The molecule has 2 aromatic carbocycles. The van der Waals surface area contributed by atoms with Crippen molar-refractivity contribution >= 4 is 6.08 Å². The van der Waals surface area contributed by atoms with Crippen LogP contribution in [0.25, 0.3) is 6.08 Å². The first-order valence-corrected chi connectivity index (χ1v) is 7.15. The number of halogens is 1. The Kier molecular flexibility index (Phi) is 4.31. The number of morpholine rings is 1. The van der Waals surface area contributed by atoms with Gasteiger partial charge < -0.3 is 9.64 Å². The Morgan fingerprint density at radius 2 is 1.95 bits per heavy atom. The minimum absolute atomic E-state index is 0.0742. The summed E-state index contributed by atoms with van der Waals surface area (Å²) in [5, 5.41) is 0. The highest BCUT2D eigenvalue weighted by molar-refractivity contribution is 5.48. The summed E-state index contributed by atoms with van der Waals surface area (Å²) in [6, 6.07) is 16.8. The van der Waals surface area contributed by atoms with Gasteiger partial charge in [0.25, 0.3) is 0 Å². The van der Waals surface area contributed by atoms with Gasteiger partial charge in [0.1, 0.15) is 11.9 Å². The standard InChI is InChI=1S/C18H18FNO/c19-17-8-4-7-16(13-17)18-14-20(11-12-21-18)10-9-15-5-2-1-3-6-15/h1-10,13,18H,11-12,14H2/t18-/m0/s1. The van der Waals surface area contributed by atoms with E-state index < -0.39 is 0 Å². The summed E-state index contributed by atoms with van der Waals surface area (Å²) in [5.74, 6) is -0.215. The Balaban J connectivity index is 1.67. The van der Waals surface area contributed by atoms with Crippen molar-refractivity contribution < 1.29 is 9.13 Å². The van der Waals surface area contributed by atoms with Crippen molar-refractivity contribution in [1.29, 1.82) is 0 Å². The van der Waals surface area contributed by atoms with Gasteiger partial charge in [-0.2, -0.15) is 0 Å². The molecule has 0 amide bonds. The molecule has 0 aromatic heterocycles. The van der Waals surface area contributed by atoms with Crippen molar-refractivity contribution in [3.05, 3.63) is 77.7 Å². The first-order valence-electron chi connectivity index (χ1n) is 7.15. The fourth-order valence-corrected chi connectivity index (χ4v) is 2.47.